The maximum absolute atomic E-state index is 4.86. The van der Waals surface area contributed by atoms with E-state index in [4.69, 9.17) is 4.99 Å². The predicted molar refractivity (Wildman–Crippen MR) is 121 cm³/mol. The summed E-state index contributed by atoms with van der Waals surface area (Å²) in [6, 6.07) is 11.1. The van der Waals surface area contributed by atoms with Gasteiger partial charge in [0.15, 0.2) is 0 Å². The van der Waals surface area contributed by atoms with Gasteiger partial charge in [0, 0.05) is 22.0 Å². The third kappa shape index (κ3) is 5.40. The first kappa shape index (κ1) is 19.6. The zero-order valence-corrected chi connectivity index (χ0v) is 17.5. The summed E-state index contributed by atoms with van der Waals surface area (Å²) < 4.78 is 0. The SMILES string of the molecule is C=C(C)Cc1cc(C(C)=NCCC2=CCCC=C2)sc1-c1ccc(C)cc1. The Morgan fingerprint density at radius 3 is 2.59 bits per heavy atom. The smallest absolute Gasteiger partial charge is 0.0489 e. The van der Waals surface area contributed by atoms with Gasteiger partial charge in [-0.2, -0.15) is 0 Å². The van der Waals surface area contributed by atoms with Crippen molar-refractivity contribution in [3.05, 3.63) is 82.3 Å². The van der Waals surface area contributed by atoms with Crippen molar-refractivity contribution in [2.75, 3.05) is 6.54 Å². The number of hydrogen-bond acceptors (Lipinski definition) is 2. The van der Waals surface area contributed by atoms with Crippen LogP contribution in [0.15, 0.2) is 71.3 Å². The van der Waals surface area contributed by atoms with Gasteiger partial charge in [-0.15, -0.1) is 11.3 Å². The molecule has 1 aliphatic carbocycles. The highest BCUT2D eigenvalue weighted by molar-refractivity contribution is 7.17. The van der Waals surface area contributed by atoms with Crippen molar-refractivity contribution in [1.82, 2.24) is 0 Å². The Balaban J connectivity index is 1.80. The number of benzene rings is 1. The van der Waals surface area contributed by atoms with Gasteiger partial charge in [0.25, 0.3) is 0 Å². The van der Waals surface area contributed by atoms with Crippen molar-refractivity contribution in [2.45, 2.75) is 46.5 Å². The number of thiophene rings is 1. The normalized spacial score (nSPS) is 14.3. The summed E-state index contributed by atoms with van der Waals surface area (Å²) in [6.07, 6.45) is 11.2. The van der Waals surface area contributed by atoms with E-state index in [1.54, 1.807) is 0 Å². The molecule has 0 fully saturated rings. The summed E-state index contributed by atoms with van der Waals surface area (Å²) in [7, 11) is 0. The van der Waals surface area contributed by atoms with Crippen molar-refractivity contribution in [3.63, 3.8) is 0 Å². The number of hydrogen-bond donors (Lipinski definition) is 0. The first-order valence-electron chi connectivity index (χ1n) is 9.74. The predicted octanol–water partition coefficient (Wildman–Crippen LogP) is 7.32. The minimum atomic E-state index is 0.857. The average molecular weight is 376 g/mol. The Hall–Kier alpha value is -2.19. The van der Waals surface area contributed by atoms with E-state index in [1.165, 1.54) is 50.4 Å². The Labute approximate surface area is 167 Å². The van der Waals surface area contributed by atoms with Gasteiger partial charge in [0.05, 0.1) is 0 Å². The second-order valence-corrected chi connectivity index (χ2v) is 8.49. The summed E-state index contributed by atoms with van der Waals surface area (Å²) in [5.74, 6) is 0. The quantitative estimate of drug-likeness (QED) is 0.355. The summed E-state index contributed by atoms with van der Waals surface area (Å²) in [5, 5.41) is 0. The van der Waals surface area contributed by atoms with Crippen LogP contribution in [0, 0.1) is 6.92 Å². The van der Waals surface area contributed by atoms with Crippen LogP contribution in [0.4, 0.5) is 0 Å². The van der Waals surface area contributed by atoms with Crippen LogP contribution < -0.4 is 0 Å². The largest absolute Gasteiger partial charge is 0.288 e. The van der Waals surface area contributed by atoms with Crippen LogP contribution >= 0.6 is 11.3 Å². The van der Waals surface area contributed by atoms with Crippen molar-refractivity contribution in [3.8, 4) is 10.4 Å². The van der Waals surface area contributed by atoms with Gasteiger partial charge >= 0.3 is 0 Å². The molecule has 0 N–H and O–H groups in total. The number of aliphatic imine (C=N–C) groups is 1. The minimum absolute atomic E-state index is 0.857. The lowest BCUT2D eigenvalue weighted by Gasteiger charge is -2.05. The summed E-state index contributed by atoms with van der Waals surface area (Å²) in [5.41, 5.74) is 7.70. The van der Waals surface area contributed by atoms with E-state index in [0.717, 1.165) is 25.1 Å². The highest BCUT2D eigenvalue weighted by Gasteiger charge is 2.13. The monoisotopic (exact) mass is 375 g/mol. The molecule has 0 atom stereocenters. The molecule has 3 rings (SSSR count). The Bertz CT molecular complexity index is 891. The molecule has 0 bridgehead atoms. The molecule has 0 spiro atoms. The van der Waals surface area contributed by atoms with Crippen LogP contribution in [0.2, 0.25) is 0 Å². The zero-order chi connectivity index (χ0) is 19.2. The molecule has 1 aromatic heterocycles. The van der Waals surface area contributed by atoms with Crippen molar-refractivity contribution in [2.24, 2.45) is 4.99 Å². The summed E-state index contributed by atoms with van der Waals surface area (Å²) >= 11 is 1.85. The van der Waals surface area contributed by atoms with Crippen molar-refractivity contribution in [1.29, 1.82) is 0 Å². The van der Waals surface area contributed by atoms with E-state index in [-0.39, 0.29) is 0 Å². The molecule has 2 heteroatoms. The maximum Gasteiger partial charge on any atom is 0.0489 e. The standard InChI is InChI=1S/C25H29NS/c1-18(2)16-23-17-24(27-25(23)22-12-10-19(3)11-13-22)20(4)26-15-14-21-8-6-5-7-9-21/h6,8-13,17H,1,5,7,14-16H2,2-4H3. The Kier molecular flexibility index (Phi) is 6.63. The number of allylic oxidation sites excluding steroid dienone is 4. The molecule has 1 heterocycles. The summed E-state index contributed by atoms with van der Waals surface area (Å²) in [4.78, 5) is 7.48. The van der Waals surface area contributed by atoms with Gasteiger partial charge < -0.3 is 0 Å². The van der Waals surface area contributed by atoms with Gasteiger partial charge in [-0.1, -0.05) is 65.8 Å². The van der Waals surface area contributed by atoms with E-state index in [0.29, 0.717) is 0 Å². The lowest BCUT2D eigenvalue weighted by molar-refractivity contribution is 0.927. The van der Waals surface area contributed by atoms with Gasteiger partial charge in [-0.25, -0.2) is 0 Å². The van der Waals surface area contributed by atoms with E-state index in [2.05, 4.69) is 75.9 Å². The molecule has 1 aliphatic rings. The van der Waals surface area contributed by atoms with Crippen LogP contribution in [-0.4, -0.2) is 12.3 Å². The molecule has 0 saturated heterocycles. The first-order chi connectivity index (χ1) is 13.0. The van der Waals surface area contributed by atoms with Gasteiger partial charge in [-0.3, -0.25) is 4.99 Å². The number of nitrogens with zero attached hydrogens (tertiary/aromatic N) is 1. The van der Waals surface area contributed by atoms with E-state index in [9.17, 15) is 0 Å². The molecule has 0 unspecified atom stereocenters. The van der Waals surface area contributed by atoms with Crippen LogP contribution in [-0.2, 0) is 6.42 Å². The van der Waals surface area contributed by atoms with E-state index in [1.807, 2.05) is 11.3 Å². The molecule has 0 amide bonds. The molecule has 1 nitrogen and oxygen atoms in total. The van der Waals surface area contributed by atoms with Gasteiger partial charge in [0.1, 0.15) is 0 Å². The topological polar surface area (TPSA) is 12.4 Å². The van der Waals surface area contributed by atoms with Gasteiger partial charge in [-0.05, 0) is 63.6 Å². The number of aryl methyl sites for hydroxylation is 1. The average Bonchev–Trinajstić information content (AvgIpc) is 3.06. The molecule has 1 aromatic carbocycles. The van der Waals surface area contributed by atoms with Crippen LogP contribution in [0.5, 0.6) is 0 Å². The lowest BCUT2D eigenvalue weighted by atomic mass is 10.0. The highest BCUT2D eigenvalue weighted by atomic mass is 32.1. The van der Waals surface area contributed by atoms with Crippen molar-refractivity contribution < 1.29 is 0 Å². The second kappa shape index (κ2) is 9.14. The van der Waals surface area contributed by atoms with Gasteiger partial charge in [0.2, 0.25) is 0 Å². The third-order valence-corrected chi connectivity index (χ3v) is 6.13. The fourth-order valence-electron chi connectivity index (χ4n) is 3.30. The molecule has 0 radical (unpaired) electrons. The van der Waals surface area contributed by atoms with E-state index < -0.39 is 0 Å². The first-order valence-corrected chi connectivity index (χ1v) is 10.6. The molecule has 27 heavy (non-hydrogen) atoms. The number of rotatable bonds is 7. The third-order valence-electron chi connectivity index (χ3n) is 4.79. The maximum atomic E-state index is 4.86. The van der Waals surface area contributed by atoms with Crippen LogP contribution in [0.1, 0.15) is 49.1 Å². The Morgan fingerprint density at radius 1 is 1.15 bits per heavy atom. The van der Waals surface area contributed by atoms with Crippen LogP contribution in [0.3, 0.4) is 0 Å². The Morgan fingerprint density at radius 2 is 1.93 bits per heavy atom. The molecule has 2 aromatic rings. The molecule has 0 saturated carbocycles. The lowest BCUT2D eigenvalue weighted by Crippen LogP contribution is -1.95. The molecule has 0 aliphatic heterocycles. The second-order valence-electron chi connectivity index (χ2n) is 7.44. The highest BCUT2D eigenvalue weighted by Crippen LogP contribution is 2.34. The fourth-order valence-corrected chi connectivity index (χ4v) is 4.45. The molecular weight excluding hydrogens is 346 g/mol. The zero-order valence-electron chi connectivity index (χ0n) is 16.7. The molecular formula is C25H29NS. The fraction of sp³-hybridized carbons (Fsp3) is 0.320. The van der Waals surface area contributed by atoms with Crippen molar-refractivity contribution >= 4 is 17.0 Å². The van der Waals surface area contributed by atoms with Crippen LogP contribution in [0.25, 0.3) is 10.4 Å². The summed E-state index contributed by atoms with van der Waals surface area (Å²) in [6.45, 7) is 11.3. The molecule has 140 valence electrons. The van der Waals surface area contributed by atoms with E-state index >= 15 is 0 Å². The minimum Gasteiger partial charge on any atom is -0.288 e.